The van der Waals surface area contributed by atoms with Gasteiger partial charge in [-0.2, -0.15) is 0 Å². The van der Waals surface area contributed by atoms with Gasteiger partial charge in [0.25, 0.3) is 0 Å². The van der Waals surface area contributed by atoms with Crippen molar-refractivity contribution >= 4 is 33.6 Å². The lowest BCUT2D eigenvalue weighted by Gasteiger charge is -2.31. The smallest absolute Gasteiger partial charge is 0.223 e. The van der Waals surface area contributed by atoms with Crippen molar-refractivity contribution in [2.45, 2.75) is 56.5 Å². The fourth-order valence-corrected chi connectivity index (χ4v) is 5.99. The van der Waals surface area contributed by atoms with Gasteiger partial charge in [0.2, 0.25) is 11.8 Å². The van der Waals surface area contributed by atoms with Crippen LogP contribution in [0.3, 0.4) is 0 Å². The molecule has 0 spiro atoms. The molecule has 7 heteroatoms. The minimum absolute atomic E-state index is 0.0521. The van der Waals surface area contributed by atoms with Crippen LogP contribution in [-0.2, 0) is 16.0 Å². The Labute approximate surface area is 208 Å². The number of benzene rings is 3. The van der Waals surface area contributed by atoms with E-state index in [4.69, 9.17) is 0 Å². The van der Waals surface area contributed by atoms with Crippen molar-refractivity contribution in [1.29, 1.82) is 0 Å². The first-order valence-corrected chi connectivity index (χ1v) is 12.7. The van der Waals surface area contributed by atoms with Gasteiger partial charge in [0, 0.05) is 24.9 Å². The minimum atomic E-state index is -0.428. The zero-order valence-corrected chi connectivity index (χ0v) is 20.1. The molecule has 2 saturated heterocycles. The maximum atomic E-state index is 13.6. The Bertz CT molecular complexity index is 1460. The third kappa shape index (κ3) is 4.23. The van der Waals surface area contributed by atoms with Crippen molar-refractivity contribution in [2.24, 2.45) is 0 Å². The Balaban J connectivity index is 1.20. The Hall–Kier alpha value is -3.74. The quantitative estimate of drug-likeness (QED) is 0.395. The van der Waals surface area contributed by atoms with Crippen LogP contribution in [0, 0.1) is 5.82 Å². The molecule has 2 amide bonds. The molecule has 0 unspecified atom stereocenters. The summed E-state index contributed by atoms with van der Waals surface area (Å²) in [5.41, 5.74) is 2.11. The van der Waals surface area contributed by atoms with Gasteiger partial charge < -0.3 is 15.2 Å². The molecule has 2 fully saturated rings. The van der Waals surface area contributed by atoms with Gasteiger partial charge in [-0.05, 0) is 66.6 Å². The summed E-state index contributed by atoms with van der Waals surface area (Å²) < 4.78 is 13.6. The van der Waals surface area contributed by atoms with Crippen LogP contribution in [0.25, 0.3) is 21.8 Å². The molecule has 2 aliphatic heterocycles. The van der Waals surface area contributed by atoms with Crippen molar-refractivity contribution in [3.05, 3.63) is 77.9 Å². The van der Waals surface area contributed by atoms with E-state index < -0.39 is 5.54 Å². The van der Waals surface area contributed by atoms with Gasteiger partial charge in [0.1, 0.15) is 11.6 Å². The van der Waals surface area contributed by atoms with Crippen LogP contribution in [-0.4, -0.2) is 38.8 Å². The van der Waals surface area contributed by atoms with Crippen LogP contribution < -0.4 is 5.32 Å². The first kappa shape index (κ1) is 22.7. The zero-order chi connectivity index (χ0) is 24.7. The van der Waals surface area contributed by atoms with Crippen molar-refractivity contribution in [3.8, 4) is 0 Å². The molecule has 0 radical (unpaired) electrons. The van der Waals surface area contributed by atoms with Crippen molar-refractivity contribution in [3.63, 3.8) is 0 Å². The summed E-state index contributed by atoms with van der Waals surface area (Å²) in [5, 5.41) is 5.59. The maximum Gasteiger partial charge on any atom is 0.223 e. The largest absolute Gasteiger partial charge is 0.350 e. The molecule has 1 aromatic heterocycles. The molecule has 6 rings (SSSR count). The lowest BCUT2D eigenvalue weighted by Crippen LogP contribution is -2.45. The topological polar surface area (TPSA) is 78.1 Å². The highest BCUT2D eigenvalue weighted by atomic mass is 19.1. The van der Waals surface area contributed by atoms with Crippen LogP contribution in [0.15, 0.2) is 60.7 Å². The second kappa shape index (κ2) is 9.04. The average molecular weight is 485 g/mol. The summed E-state index contributed by atoms with van der Waals surface area (Å²) in [6, 6.07) is 18.9. The molecular weight excluding hydrogens is 455 g/mol. The van der Waals surface area contributed by atoms with Crippen molar-refractivity contribution < 1.29 is 14.0 Å². The lowest BCUT2D eigenvalue weighted by molar-refractivity contribution is -0.133. The summed E-state index contributed by atoms with van der Waals surface area (Å²) in [6.45, 7) is 0.678. The fraction of sp³-hybridized carbons (Fsp3) is 0.345. The van der Waals surface area contributed by atoms with Gasteiger partial charge in [-0.3, -0.25) is 9.59 Å². The van der Waals surface area contributed by atoms with Crippen LogP contribution in [0.4, 0.5) is 4.39 Å². The Morgan fingerprint density at radius 3 is 2.86 bits per heavy atom. The van der Waals surface area contributed by atoms with Gasteiger partial charge in [-0.1, -0.05) is 42.5 Å². The number of halogens is 1. The van der Waals surface area contributed by atoms with Gasteiger partial charge in [0.15, 0.2) is 0 Å². The molecule has 3 aromatic carbocycles. The first-order chi connectivity index (χ1) is 17.5. The number of likely N-dealkylation sites (tertiary alicyclic amines) is 1. The number of H-pyrrole nitrogens is 1. The van der Waals surface area contributed by atoms with E-state index in [1.54, 1.807) is 6.07 Å². The molecular formula is C29H29FN4O2. The Morgan fingerprint density at radius 2 is 2.00 bits per heavy atom. The van der Waals surface area contributed by atoms with Crippen LogP contribution in [0.1, 0.15) is 56.0 Å². The number of nitrogens with one attached hydrogen (secondary N) is 2. The Morgan fingerprint density at radius 1 is 1.14 bits per heavy atom. The molecule has 36 heavy (non-hydrogen) atoms. The van der Waals surface area contributed by atoms with E-state index in [9.17, 15) is 14.0 Å². The first-order valence-electron chi connectivity index (χ1n) is 12.7. The highest BCUT2D eigenvalue weighted by Crippen LogP contribution is 2.35. The number of fused-ring (bicyclic) bond motifs is 2. The predicted octanol–water partition coefficient (Wildman–Crippen LogP) is 5.19. The summed E-state index contributed by atoms with van der Waals surface area (Å²) in [7, 11) is 0. The van der Waals surface area contributed by atoms with Crippen LogP contribution in [0.5, 0.6) is 0 Å². The van der Waals surface area contributed by atoms with E-state index in [1.165, 1.54) is 28.5 Å². The van der Waals surface area contributed by atoms with E-state index >= 15 is 0 Å². The standard InChI is InChI=1S/C29H29FN4O2/c30-21-10-11-23-24(17-21)32-28(31-23)25-9-4-16-34(25)27(36)13-15-29(14-12-26(35)33-29)18-20-7-3-6-19-5-1-2-8-22(19)20/h1-3,5-8,10-11,17,25H,4,9,12-16,18H2,(H,31,32)(H,33,35)/t25-,29+/m0/s1. The molecule has 2 N–H and O–H groups in total. The second-order valence-electron chi connectivity index (χ2n) is 10.2. The number of carbonyl (C=O) groups is 2. The Kier molecular flexibility index (Phi) is 5.70. The van der Waals surface area contributed by atoms with Gasteiger partial charge in [-0.25, -0.2) is 9.37 Å². The zero-order valence-electron chi connectivity index (χ0n) is 20.1. The summed E-state index contributed by atoms with van der Waals surface area (Å²) in [6.07, 6.45) is 4.59. The van der Waals surface area contributed by atoms with E-state index in [-0.39, 0.29) is 23.7 Å². The second-order valence-corrected chi connectivity index (χ2v) is 10.2. The van der Waals surface area contributed by atoms with Crippen LogP contribution >= 0.6 is 0 Å². The van der Waals surface area contributed by atoms with Crippen molar-refractivity contribution in [1.82, 2.24) is 20.2 Å². The fourth-order valence-electron chi connectivity index (χ4n) is 5.99. The molecule has 0 aliphatic carbocycles. The number of hydrogen-bond donors (Lipinski definition) is 2. The van der Waals surface area contributed by atoms with E-state index in [0.29, 0.717) is 49.1 Å². The highest BCUT2D eigenvalue weighted by Gasteiger charge is 2.40. The van der Waals surface area contributed by atoms with Gasteiger partial charge >= 0.3 is 0 Å². The molecule has 0 saturated carbocycles. The molecule has 184 valence electrons. The average Bonchev–Trinajstić information content (AvgIpc) is 3.61. The molecule has 3 heterocycles. The molecule has 6 nitrogen and oxygen atoms in total. The summed E-state index contributed by atoms with van der Waals surface area (Å²) in [5.74, 6) is 0.520. The summed E-state index contributed by atoms with van der Waals surface area (Å²) >= 11 is 0. The SMILES string of the molecule is O=C1CC[C@@](CCC(=O)N2CCC[C@H]2c2nc3ccc(F)cc3[nH]2)(Cc2cccc3ccccc23)N1. The number of carbonyl (C=O) groups excluding carboxylic acids is 2. The minimum Gasteiger partial charge on any atom is -0.350 e. The molecule has 4 aromatic rings. The number of rotatable bonds is 6. The normalized spacial score (nSPS) is 22.0. The summed E-state index contributed by atoms with van der Waals surface area (Å²) in [4.78, 5) is 35.5. The molecule has 0 bridgehead atoms. The highest BCUT2D eigenvalue weighted by molar-refractivity contribution is 5.86. The number of hydrogen-bond acceptors (Lipinski definition) is 3. The predicted molar refractivity (Wildman–Crippen MR) is 137 cm³/mol. The lowest BCUT2D eigenvalue weighted by atomic mass is 9.83. The van der Waals surface area contributed by atoms with E-state index in [1.807, 2.05) is 17.0 Å². The number of aromatic amines is 1. The molecule has 2 atom stereocenters. The van der Waals surface area contributed by atoms with Gasteiger partial charge in [0.05, 0.1) is 17.1 Å². The monoisotopic (exact) mass is 484 g/mol. The third-order valence-corrected chi connectivity index (χ3v) is 7.81. The number of nitrogens with zero attached hydrogens (tertiary/aromatic N) is 2. The van der Waals surface area contributed by atoms with Gasteiger partial charge in [-0.15, -0.1) is 0 Å². The third-order valence-electron chi connectivity index (χ3n) is 7.81. The number of imidazole rings is 1. The number of aromatic nitrogens is 2. The number of amides is 2. The van der Waals surface area contributed by atoms with E-state index in [2.05, 4.69) is 45.6 Å². The van der Waals surface area contributed by atoms with Crippen LogP contribution in [0.2, 0.25) is 0 Å². The van der Waals surface area contributed by atoms with Crippen molar-refractivity contribution in [2.75, 3.05) is 6.54 Å². The maximum absolute atomic E-state index is 13.6. The van der Waals surface area contributed by atoms with E-state index in [0.717, 1.165) is 19.3 Å². The molecule has 2 aliphatic rings.